The number of anilines is 1. The van der Waals surface area contributed by atoms with E-state index in [1.807, 2.05) is 24.3 Å². The Labute approximate surface area is 201 Å². The number of hydrogen-bond acceptors (Lipinski definition) is 7. The van der Waals surface area contributed by atoms with Crippen LogP contribution in [0.2, 0.25) is 0 Å². The van der Waals surface area contributed by atoms with E-state index in [0.717, 1.165) is 11.3 Å². The van der Waals surface area contributed by atoms with Crippen LogP contribution in [0.3, 0.4) is 0 Å². The van der Waals surface area contributed by atoms with Crippen LogP contribution < -0.4 is 15.8 Å². The summed E-state index contributed by atoms with van der Waals surface area (Å²) >= 11 is 0.923. The first-order valence-electron chi connectivity index (χ1n) is 10.8. The highest BCUT2D eigenvalue weighted by molar-refractivity contribution is 7.18. The Bertz CT molecular complexity index is 1190. The maximum absolute atomic E-state index is 12.8. The standard InChI is InChI=1S/C24H28N4O5S/c1-13(2)16-6-8-17(9-7-16)32-12-28-11-10-18(27-28)22(30)26-23-19(24(31)33-14(3)4)15(5)20(34-23)21(25)29/h6-11,13-14H,12H2,1-5H3,(H2,25,29)(H,26,30). The van der Waals surface area contributed by atoms with Gasteiger partial charge in [-0.1, -0.05) is 26.0 Å². The van der Waals surface area contributed by atoms with Crippen LogP contribution in [0.25, 0.3) is 0 Å². The van der Waals surface area contributed by atoms with Crippen molar-refractivity contribution in [1.82, 2.24) is 9.78 Å². The van der Waals surface area contributed by atoms with Gasteiger partial charge >= 0.3 is 5.97 Å². The molecule has 2 aromatic heterocycles. The summed E-state index contributed by atoms with van der Waals surface area (Å²) in [4.78, 5) is 37.3. The largest absolute Gasteiger partial charge is 0.471 e. The minimum Gasteiger partial charge on any atom is -0.471 e. The summed E-state index contributed by atoms with van der Waals surface area (Å²) in [6.07, 6.45) is 1.24. The molecule has 10 heteroatoms. The molecule has 0 saturated carbocycles. The van der Waals surface area contributed by atoms with Crippen molar-refractivity contribution in [1.29, 1.82) is 0 Å². The zero-order chi connectivity index (χ0) is 25.0. The predicted molar refractivity (Wildman–Crippen MR) is 129 cm³/mol. The Hall–Kier alpha value is -3.66. The minimum atomic E-state index is -0.690. The molecule has 0 radical (unpaired) electrons. The highest BCUT2D eigenvalue weighted by atomic mass is 32.1. The van der Waals surface area contributed by atoms with Gasteiger partial charge in [0.25, 0.3) is 11.8 Å². The van der Waals surface area contributed by atoms with E-state index in [4.69, 9.17) is 15.2 Å². The first-order chi connectivity index (χ1) is 16.1. The second-order valence-corrected chi connectivity index (χ2v) is 9.29. The number of primary amides is 1. The molecule has 2 heterocycles. The number of aromatic nitrogens is 2. The molecular weight excluding hydrogens is 456 g/mol. The average molecular weight is 485 g/mol. The van der Waals surface area contributed by atoms with Crippen molar-refractivity contribution in [2.75, 3.05) is 5.32 Å². The fourth-order valence-corrected chi connectivity index (χ4v) is 4.21. The van der Waals surface area contributed by atoms with Crippen molar-refractivity contribution < 1.29 is 23.9 Å². The van der Waals surface area contributed by atoms with E-state index in [0.29, 0.717) is 17.2 Å². The second kappa shape index (κ2) is 10.5. The molecule has 0 atom stereocenters. The van der Waals surface area contributed by atoms with E-state index in [1.54, 1.807) is 27.0 Å². The third-order valence-electron chi connectivity index (χ3n) is 4.93. The van der Waals surface area contributed by atoms with E-state index < -0.39 is 17.8 Å². The quantitative estimate of drug-likeness (QED) is 0.436. The Kier molecular flexibility index (Phi) is 7.72. The molecule has 3 rings (SSSR count). The van der Waals surface area contributed by atoms with Gasteiger partial charge in [-0.25, -0.2) is 9.48 Å². The Morgan fingerprint density at radius 1 is 1.12 bits per heavy atom. The maximum Gasteiger partial charge on any atom is 0.341 e. The molecule has 34 heavy (non-hydrogen) atoms. The predicted octanol–water partition coefficient (Wildman–Crippen LogP) is 4.33. The molecule has 180 valence electrons. The van der Waals surface area contributed by atoms with Crippen molar-refractivity contribution in [3.8, 4) is 5.75 Å². The summed E-state index contributed by atoms with van der Waals surface area (Å²) in [5.74, 6) is -0.762. The number of hydrogen-bond donors (Lipinski definition) is 2. The van der Waals surface area contributed by atoms with E-state index >= 15 is 0 Å². The van der Waals surface area contributed by atoms with Gasteiger partial charge in [0.05, 0.1) is 16.5 Å². The molecule has 0 spiro atoms. The van der Waals surface area contributed by atoms with Gasteiger partial charge in [-0.05, 0) is 56.0 Å². The third kappa shape index (κ3) is 5.82. The lowest BCUT2D eigenvalue weighted by atomic mass is 10.0. The Morgan fingerprint density at radius 2 is 1.79 bits per heavy atom. The first kappa shape index (κ1) is 25.0. The lowest BCUT2D eigenvalue weighted by Crippen LogP contribution is -2.18. The normalized spacial score (nSPS) is 11.0. The molecule has 0 bridgehead atoms. The van der Waals surface area contributed by atoms with Crippen molar-refractivity contribution in [2.24, 2.45) is 5.73 Å². The molecule has 3 N–H and O–H groups in total. The zero-order valence-corrected chi connectivity index (χ0v) is 20.6. The smallest absolute Gasteiger partial charge is 0.341 e. The summed E-state index contributed by atoms with van der Waals surface area (Å²) in [7, 11) is 0. The number of esters is 1. The number of nitrogens with one attached hydrogen (secondary N) is 1. The molecular formula is C24H28N4O5S. The number of carbonyl (C=O) groups excluding carboxylic acids is 3. The highest BCUT2D eigenvalue weighted by Gasteiger charge is 2.27. The second-order valence-electron chi connectivity index (χ2n) is 8.27. The average Bonchev–Trinajstić information content (AvgIpc) is 3.36. The maximum atomic E-state index is 12.8. The van der Waals surface area contributed by atoms with Crippen LogP contribution >= 0.6 is 11.3 Å². The fourth-order valence-electron chi connectivity index (χ4n) is 3.17. The molecule has 0 unspecified atom stereocenters. The summed E-state index contributed by atoms with van der Waals surface area (Å²) in [6, 6.07) is 9.32. The zero-order valence-electron chi connectivity index (χ0n) is 19.7. The molecule has 0 saturated heterocycles. The molecule has 0 aliphatic rings. The van der Waals surface area contributed by atoms with Crippen LogP contribution in [-0.4, -0.2) is 33.7 Å². The van der Waals surface area contributed by atoms with Gasteiger partial charge in [-0.2, -0.15) is 5.10 Å². The summed E-state index contributed by atoms with van der Waals surface area (Å²) in [6.45, 7) is 9.36. The van der Waals surface area contributed by atoms with Crippen LogP contribution in [0.1, 0.15) is 75.3 Å². The molecule has 9 nitrogen and oxygen atoms in total. The van der Waals surface area contributed by atoms with Crippen LogP contribution in [0, 0.1) is 6.92 Å². The SMILES string of the molecule is Cc1c(C(N)=O)sc(NC(=O)c2ccn(COc3ccc(C(C)C)cc3)n2)c1C(=O)OC(C)C. The molecule has 3 aromatic rings. The van der Waals surface area contributed by atoms with Crippen LogP contribution in [0.15, 0.2) is 36.5 Å². The number of benzene rings is 1. The van der Waals surface area contributed by atoms with Crippen LogP contribution in [0.5, 0.6) is 5.75 Å². The number of amides is 2. The van der Waals surface area contributed by atoms with Gasteiger partial charge in [0.15, 0.2) is 12.4 Å². The van der Waals surface area contributed by atoms with Crippen molar-refractivity contribution in [3.05, 3.63) is 63.8 Å². The number of thiophene rings is 1. The molecule has 0 aliphatic carbocycles. The van der Waals surface area contributed by atoms with Crippen LogP contribution in [-0.2, 0) is 11.5 Å². The van der Waals surface area contributed by atoms with Crippen molar-refractivity contribution in [2.45, 2.75) is 53.4 Å². The summed E-state index contributed by atoms with van der Waals surface area (Å²) in [5.41, 5.74) is 7.22. The molecule has 1 aromatic carbocycles. The Balaban J connectivity index is 1.72. The number of carbonyl (C=O) groups is 3. The van der Waals surface area contributed by atoms with Gasteiger partial charge in [0, 0.05) is 6.20 Å². The number of nitrogens with two attached hydrogens (primary N) is 1. The van der Waals surface area contributed by atoms with E-state index in [2.05, 4.69) is 24.3 Å². The lowest BCUT2D eigenvalue weighted by Gasteiger charge is -2.10. The number of nitrogens with zero attached hydrogens (tertiary/aromatic N) is 2. The first-order valence-corrected chi connectivity index (χ1v) is 11.6. The van der Waals surface area contributed by atoms with Crippen molar-refractivity contribution in [3.63, 3.8) is 0 Å². The number of ether oxygens (including phenoxy) is 2. The van der Waals surface area contributed by atoms with Crippen molar-refractivity contribution >= 4 is 34.1 Å². The molecule has 0 aliphatic heterocycles. The van der Waals surface area contributed by atoms with Gasteiger partial charge in [0.2, 0.25) is 0 Å². The van der Waals surface area contributed by atoms with Gasteiger partial charge in [-0.15, -0.1) is 11.3 Å². The third-order valence-corrected chi connectivity index (χ3v) is 6.15. The van der Waals surface area contributed by atoms with Gasteiger partial charge in [-0.3, -0.25) is 9.59 Å². The lowest BCUT2D eigenvalue weighted by molar-refractivity contribution is 0.0379. The van der Waals surface area contributed by atoms with E-state index in [9.17, 15) is 14.4 Å². The minimum absolute atomic E-state index is 0.105. The van der Waals surface area contributed by atoms with Gasteiger partial charge in [0.1, 0.15) is 10.8 Å². The Morgan fingerprint density at radius 3 is 2.38 bits per heavy atom. The van der Waals surface area contributed by atoms with Gasteiger partial charge < -0.3 is 20.5 Å². The van der Waals surface area contributed by atoms with Crippen LogP contribution in [0.4, 0.5) is 5.00 Å². The fraction of sp³-hybridized carbons (Fsp3) is 0.333. The molecule has 0 fully saturated rings. The molecule has 2 amide bonds. The number of rotatable bonds is 9. The highest BCUT2D eigenvalue weighted by Crippen LogP contribution is 2.34. The summed E-state index contributed by atoms with van der Waals surface area (Å²) in [5, 5.41) is 7.06. The topological polar surface area (TPSA) is 126 Å². The summed E-state index contributed by atoms with van der Waals surface area (Å²) < 4.78 is 12.5. The monoisotopic (exact) mass is 484 g/mol. The van der Waals surface area contributed by atoms with E-state index in [1.165, 1.54) is 16.3 Å². The van der Waals surface area contributed by atoms with E-state index in [-0.39, 0.29) is 34.0 Å².